The molecule has 0 saturated heterocycles. The van der Waals surface area contributed by atoms with Crippen LogP contribution < -0.4 is 10.5 Å². The lowest BCUT2D eigenvalue weighted by atomic mass is 10.1. The van der Waals surface area contributed by atoms with Crippen molar-refractivity contribution in [2.24, 2.45) is 10.9 Å². The normalized spacial score (nSPS) is 14.6. The number of sulfonamides is 1. The van der Waals surface area contributed by atoms with Gasteiger partial charge in [-0.1, -0.05) is 35.3 Å². The Morgan fingerprint density at radius 3 is 2.68 bits per heavy atom. The monoisotopic (exact) mass is 345 g/mol. The summed E-state index contributed by atoms with van der Waals surface area (Å²) in [6.45, 7) is 1.78. The van der Waals surface area contributed by atoms with Crippen molar-refractivity contribution in [3.05, 3.63) is 14.7 Å². The number of hydrogen-bond donors (Lipinski definition) is 3. The van der Waals surface area contributed by atoms with E-state index in [0.29, 0.717) is 6.42 Å². The molecule has 1 aromatic rings. The second-order valence-corrected chi connectivity index (χ2v) is 7.68. The lowest BCUT2D eigenvalue weighted by Crippen LogP contribution is -2.37. The molecule has 4 N–H and O–H groups in total. The molecule has 1 unspecified atom stereocenters. The molecule has 0 spiro atoms. The minimum atomic E-state index is -3.78. The summed E-state index contributed by atoms with van der Waals surface area (Å²) in [6, 6.07) is 0.795. The van der Waals surface area contributed by atoms with Crippen molar-refractivity contribution in [3.8, 4) is 0 Å². The molecular weight excluding hydrogens is 333 g/mol. The van der Waals surface area contributed by atoms with Gasteiger partial charge in [-0.3, -0.25) is 0 Å². The number of hydrogen-bond acceptors (Lipinski definition) is 5. The van der Waals surface area contributed by atoms with Crippen LogP contribution in [0, 0.1) is 0 Å². The van der Waals surface area contributed by atoms with Gasteiger partial charge in [0.2, 0.25) is 10.0 Å². The van der Waals surface area contributed by atoms with E-state index in [2.05, 4.69) is 9.88 Å². The number of nitrogens with two attached hydrogens (primary N) is 1. The Balaban J connectivity index is 2.92. The van der Waals surface area contributed by atoms with Crippen LogP contribution in [0.3, 0.4) is 0 Å². The molecule has 1 heterocycles. The van der Waals surface area contributed by atoms with Crippen molar-refractivity contribution < 1.29 is 13.6 Å². The summed E-state index contributed by atoms with van der Waals surface area (Å²) >= 11 is 12.5. The Morgan fingerprint density at radius 2 is 2.26 bits per heavy atom. The second kappa shape index (κ2) is 6.76. The molecule has 0 bridgehead atoms. The minimum Gasteiger partial charge on any atom is -0.409 e. The van der Waals surface area contributed by atoms with Gasteiger partial charge in [-0.05, 0) is 12.5 Å². The van der Waals surface area contributed by atoms with Crippen molar-refractivity contribution in [1.82, 2.24) is 4.72 Å². The molecule has 0 aliphatic heterocycles. The van der Waals surface area contributed by atoms with Gasteiger partial charge in [0.15, 0.2) is 0 Å². The fourth-order valence-corrected chi connectivity index (χ4v) is 4.82. The number of nitrogens with zero attached hydrogens (tertiary/aromatic N) is 1. The van der Waals surface area contributed by atoms with Crippen molar-refractivity contribution in [3.63, 3.8) is 0 Å². The SMILES string of the molecule is CCC(CC(N)=NO)NS(=O)(=O)c1cc(Cl)sc1Cl. The van der Waals surface area contributed by atoms with Gasteiger partial charge in [-0.2, -0.15) is 0 Å². The maximum absolute atomic E-state index is 12.1. The molecule has 0 saturated carbocycles. The first-order valence-electron chi connectivity index (χ1n) is 5.23. The fourth-order valence-electron chi connectivity index (χ4n) is 1.35. The van der Waals surface area contributed by atoms with Crippen molar-refractivity contribution >= 4 is 50.4 Å². The number of rotatable bonds is 6. The van der Waals surface area contributed by atoms with Crippen LogP contribution >= 0.6 is 34.5 Å². The maximum atomic E-state index is 12.1. The Hall–Kier alpha value is -0.540. The predicted octanol–water partition coefficient (Wildman–Crippen LogP) is 2.25. The van der Waals surface area contributed by atoms with Gasteiger partial charge in [0.05, 0.1) is 4.34 Å². The Bertz CT molecular complexity index is 571. The van der Waals surface area contributed by atoms with Gasteiger partial charge >= 0.3 is 0 Å². The number of thiophene rings is 1. The van der Waals surface area contributed by atoms with E-state index in [1.54, 1.807) is 6.92 Å². The Kier molecular flexibility index (Phi) is 5.87. The van der Waals surface area contributed by atoms with E-state index in [1.807, 2.05) is 0 Å². The second-order valence-electron chi connectivity index (χ2n) is 3.71. The lowest BCUT2D eigenvalue weighted by molar-refractivity contribution is 0.316. The average molecular weight is 346 g/mol. The highest BCUT2D eigenvalue weighted by molar-refractivity contribution is 7.89. The molecule has 0 radical (unpaired) electrons. The third kappa shape index (κ3) is 4.50. The van der Waals surface area contributed by atoms with E-state index < -0.39 is 16.1 Å². The van der Waals surface area contributed by atoms with Crippen molar-refractivity contribution in [2.45, 2.75) is 30.7 Å². The molecule has 1 rings (SSSR count). The molecule has 0 fully saturated rings. The Morgan fingerprint density at radius 1 is 1.63 bits per heavy atom. The Labute approximate surface area is 125 Å². The summed E-state index contributed by atoms with van der Waals surface area (Å²) in [5.41, 5.74) is 5.36. The van der Waals surface area contributed by atoms with Gasteiger partial charge in [0.25, 0.3) is 0 Å². The van der Waals surface area contributed by atoms with Crippen LogP contribution in [0.4, 0.5) is 0 Å². The number of oxime groups is 1. The van der Waals surface area contributed by atoms with E-state index in [9.17, 15) is 8.42 Å². The summed E-state index contributed by atoms with van der Waals surface area (Å²) in [4.78, 5) is -0.0675. The third-order valence-electron chi connectivity index (χ3n) is 2.31. The quantitative estimate of drug-likeness (QED) is 0.318. The first-order chi connectivity index (χ1) is 8.80. The van der Waals surface area contributed by atoms with E-state index in [-0.39, 0.29) is 25.8 Å². The summed E-state index contributed by atoms with van der Waals surface area (Å²) in [6.07, 6.45) is 0.576. The topological polar surface area (TPSA) is 105 Å². The lowest BCUT2D eigenvalue weighted by Gasteiger charge is -2.15. The van der Waals surface area contributed by atoms with Gasteiger partial charge < -0.3 is 10.9 Å². The molecule has 0 aromatic carbocycles. The molecule has 6 nitrogen and oxygen atoms in total. The zero-order valence-electron chi connectivity index (χ0n) is 9.93. The van der Waals surface area contributed by atoms with Crippen LogP contribution in [-0.2, 0) is 10.0 Å². The molecular formula is C9H13Cl2N3O3S2. The standard InChI is InChI=1S/C9H13Cl2N3O3S2/c1-2-5(3-8(12)13-15)14-19(16,17)6-4-7(10)18-9(6)11/h4-5,14-15H,2-3H2,1H3,(H2,12,13). The van der Waals surface area contributed by atoms with E-state index in [0.717, 1.165) is 11.3 Å². The molecule has 1 aromatic heterocycles. The summed E-state index contributed by atoms with van der Waals surface area (Å²) in [5.74, 6) is -0.0519. The highest BCUT2D eigenvalue weighted by atomic mass is 35.5. The summed E-state index contributed by atoms with van der Waals surface area (Å²) < 4.78 is 27.1. The first kappa shape index (κ1) is 16.5. The maximum Gasteiger partial charge on any atom is 0.243 e. The van der Waals surface area contributed by atoms with Crippen LogP contribution in [0.25, 0.3) is 0 Å². The van der Waals surface area contributed by atoms with Gasteiger partial charge in [-0.15, -0.1) is 11.3 Å². The highest BCUT2D eigenvalue weighted by Gasteiger charge is 2.24. The van der Waals surface area contributed by atoms with E-state index in [1.165, 1.54) is 6.07 Å². The molecule has 1 atom stereocenters. The molecule has 0 amide bonds. The van der Waals surface area contributed by atoms with E-state index in [4.69, 9.17) is 34.1 Å². The van der Waals surface area contributed by atoms with Crippen molar-refractivity contribution in [2.75, 3.05) is 0 Å². The summed E-state index contributed by atoms with van der Waals surface area (Å²) in [7, 11) is -3.78. The molecule has 0 aliphatic rings. The van der Waals surface area contributed by atoms with Gasteiger partial charge in [-0.25, -0.2) is 13.1 Å². The van der Waals surface area contributed by atoms with Crippen LogP contribution in [0.1, 0.15) is 19.8 Å². The van der Waals surface area contributed by atoms with Gasteiger partial charge in [0, 0.05) is 12.5 Å². The largest absolute Gasteiger partial charge is 0.409 e. The first-order valence-corrected chi connectivity index (χ1v) is 8.29. The van der Waals surface area contributed by atoms with Crippen LogP contribution in [-0.4, -0.2) is 25.5 Å². The molecule has 10 heteroatoms. The zero-order valence-corrected chi connectivity index (χ0v) is 13.1. The summed E-state index contributed by atoms with van der Waals surface area (Å²) in [5, 5.41) is 11.3. The number of amidine groups is 1. The van der Waals surface area contributed by atoms with Gasteiger partial charge in [0.1, 0.15) is 15.1 Å². The zero-order chi connectivity index (χ0) is 14.6. The average Bonchev–Trinajstić information content (AvgIpc) is 2.67. The number of halogens is 2. The molecule has 108 valence electrons. The smallest absolute Gasteiger partial charge is 0.243 e. The van der Waals surface area contributed by atoms with E-state index >= 15 is 0 Å². The molecule has 19 heavy (non-hydrogen) atoms. The van der Waals surface area contributed by atoms with Crippen molar-refractivity contribution in [1.29, 1.82) is 0 Å². The predicted molar refractivity (Wildman–Crippen MR) is 76.8 cm³/mol. The van der Waals surface area contributed by atoms with Crippen LogP contribution in [0.5, 0.6) is 0 Å². The number of nitrogens with one attached hydrogen (secondary N) is 1. The molecule has 0 aliphatic carbocycles. The fraction of sp³-hybridized carbons (Fsp3) is 0.444. The minimum absolute atomic E-state index is 0.0519. The highest BCUT2D eigenvalue weighted by Crippen LogP contribution is 2.34. The third-order valence-corrected chi connectivity index (χ3v) is 5.59. The van der Waals surface area contributed by atoms with Crippen LogP contribution in [0.15, 0.2) is 16.1 Å². The van der Waals surface area contributed by atoms with Crippen LogP contribution in [0.2, 0.25) is 8.67 Å².